The molecule has 0 amide bonds. The molecule has 2 atom stereocenters. The Kier molecular flexibility index (Phi) is 4.86. The van der Waals surface area contributed by atoms with Crippen LogP contribution in [0.3, 0.4) is 0 Å². The van der Waals surface area contributed by atoms with E-state index in [-0.39, 0.29) is 22.6 Å². The minimum absolute atomic E-state index is 0.151. The van der Waals surface area contributed by atoms with Crippen molar-refractivity contribution in [3.05, 3.63) is 64.2 Å². The summed E-state index contributed by atoms with van der Waals surface area (Å²) < 4.78 is 22.3. The number of halogens is 1. The Morgan fingerprint density at radius 2 is 1.96 bits per heavy atom. The van der Waals surface area contributed by atoms with Crippen molar-refractivity contribution in [3.63, 3.8) is 0 Å². The van der Waals surface area contributed by atoms with Crippen molar-refractivity contribution in [2.24, 2.45) is 0 Å². The van der Waals surface area contributed by atoms with Crippen molar-refractivity contribution >= 4 is 33.8 Å². The molecule has 1 unspecified atom stereocenters. The first-order chi connectivity index (χ1) is 13.0. The molecule has 27 heavy (non-hydrogen) atoms. The fourth-order valence-electron chi connectivity index (χ4n) is 2.81. The fourth-order valence-corrected chi connectivity index (χ4v) is 4.11. The number of nitrogens with zero attached hydrogens (tertiary/aromatic N) is 3. The Morgan fingerprint density at radius 1 is 1.22 bits per heavy atom. The molecule has 0 fully saturated rings. The topological polar surface area (TPSA) is 48.3 Å². The number of quaternary nitrogens is 1. The summed E-state index contributed by atoms with van der Waals surface area (Å²) in [7, 11) is 2.05. The van der Waals surface area contributed by atoms with Crippen molar-refractivity contribution in [1.82, 2.24) is 14.8 Å². The molecule has 2 aromatic carbocycles. The lowest BCUT2D eigenvalue weighted by molar-refractivity contribution is -0.933. The average molecular weight is 402 g/mol. The van der Waals surface area contributed by atoms with Gasteiger partial charge in [0, 0.05) is 0 Å². The van der Waals surface area contributed by atoms with Gasteiger partial charge in [-0.25, -0.2) is 9.37 Å². The number of nitrogens with one attached hydrogen (secondary N) is 1. The highest BCUT2D eigenvalue weighted by Gasteiger charge is 2.22. The van der Waals surface area contributed by atoms with Gasteiger partial charge >= 0.3 is 0 Å². The summed E-state index contributed by atoms with van der Waals surface area (Å²) in [5.41, 5.74) is 1.32. The summed E-state index contributed by atoms with van der Waals surface area (Å²) in [5, 5.41) is 5.42. The van der Waals surface area contributed by atoms with Gasteiger partial charge in [-0.05, 0) is 43.4 Å². The van der Waals surface area contributed by atoms with Crippen LogP contribution in [0.5, 0.6) is 0 Å². The van der Waals surface area contributed by atoms with Crippen molar-refractivity contribution in [2.45, 2.75) is 19.6 Å². The van der Waals surface area contributed by atoms with E-state index in [1.807, 2.05) is 18.2 Å². The second-order valence-corrected chi connectivity index (χ2v) is 7.81. The van der Waals surface area contributed by atoms with Crippen LogP contribution in [0.25, 0.3) is 21.7 Å². The summed E-state index contributed by atoms with van der Waals surface area (Å²) in [6.45, 7) is 2.61. The van der Waals surface area contributed by atoms with Gasteiger partial charge in [0.15, 0.2) is 11.7 Å². The lowest BCUT2D eigenvalue weighted by Crippen LogP contribution is -3.08. The molecule has 0 aliphatic rings. The predicted octanol–water partition coefficient (Wildman–Crippen LogP) is 3.85. The van der Waals surface area contributed by atoms with Crippen LogP contribution in [0.15, 0.2) is 52.9 Å². The van der Waals surface area contributed by atoms with Crippen LogP contribution in [0, 0.1) is 10.7 Å². The van der Waals surface area contributed by atoms with Crippen LogP contribution in [0.4, 0.5) is 4.39 Å². The van der Waals surface area contributed by atoms with Gasteiger partial charge in [-0.2, -0.15) is 4.68 Å². The van der Waals surface area contributed by atoms with E-state index in [2.05, 4.69) is 25.1 Å². The normalized spacial score (nSPS) is 13.7. The number of aromatic nitrogens is 3. The van der Waals surface area contributed by atoms with Crippen LogP contribution in [0.1, 0.15) is 18.0 Å². The van der Waals surface area contributed by atoms with E-state index in [0.717, 1.165) is 15.4 Å². The van der Waals surface area contributed by atoms with Crippen LogP contribution >= 0.6 is 23.6 Å². The molecule has 4 rings (SSSR count). The van der Waals surface area contributed by atoms with Crippen LogP contribution in [-0.4, -0.2) is 21.8 Å². The van der Waals surface area contributed by atoms with Gasteiger partial charge in [-0.15, -0.1) is 16.4 Å². The zero-order valence-corrected chi connectivity index (χ0v) is 16.5. The standard InChI is InChI=1S/C19H17FN4OS2/c1-12(18-21-15-9-5-6-10-16(15)27-18)23(2)11-24-19(26)25-17(22-24)13-7-3-4-8-14(13)20/h3-10,12H,11H2,1-2H3/p+1/t12-/m1/s1. The first kappa shape index (κ1) is 18.0. The third-order valence-electron chi connectivity index (χ3n) is 4.53. The summed E-state index contributed by atoms with van der Waals surface area (Å²) in [4.78, 5) is 6.11. The molecule has 2 heterocycles. The Morgan fingerprint density at radius 3 is 2.74 bits per heavy atom. The zero-order chi connectivity index (χ0) is 19.0. The lowest BCUT2D eigenvalue weighted by atomic mass is 10.2. The molecule has 5 nitrogen and oxygen atoms in total. The average Bonchev–Trinajstić information content (AvgIpc) is 3.25. The van der Waals surface area contributed by atoms with Crippen LogP contribution in [0.2, 0.25) is 0 Å². The zero-order valence-electron chi connectivity index (χ0n) is 14.8. The SMILES string of the molecule is C[C@H](c1nc2ccccc2s1)[NH+](C)Cn1nc(-c2ccccc2F)oc1=S. The van der Waals surface area contributed by atoms with E-state index in [0.29, 0.717) is 12.2 Å². The molecule has 138 valence electrons. The molecule has 0 saturated heterocycles. The third-order valence-corrected chi connectivity index (χ3v) is 6.04. The number of benzene rings is 2. The van der Waals surface area contributed by atoms with Crippen LogP contribution < -0.4 is 4.90 Å². The van der Waals surface area contributed by atoms with Gasteiger partial charge in [0.05, 0.1) is 22.8 Å². The number of hydrogen-bond acceptors (Lipinski definition) is 5. The largest absolute Gasteiger partial charge is 0.409 e. The molecule has 8 heteroatoms. The van der Waals surface area contributed by atoms with E-state index in [1.54, 1.807) is 34.2 Å². The number of thiazole rings is 1. The number of fused-ring (bicyclic) bond motifs is 1. The molecular formula is C19H18FN4OS2+. The number of para-hydroxylation sites is 1. The predicted molar refractivity (Wildman–Crippen MR) is 106 cm³/mol. The third kappa shape index (κ3) is 3.55. The van der Waals surface area contributed by atoms with Gasteiger partial charge in [-0.3, -0.25) is 0 Å². The molecule has 0 bridgehead atoms. The molecule has 0 radical (unpaired) electrons. The molecule has 2 aromatic heterocycles. The van der Waals surface area contributed by atoms with Crippen LogP contribution in [-0.2, 0) is 6.67 Å². The molecule has 0 aliphatic heterocycles. The van der Waals surface area contributed by atoms with Gasteiger partial charge < -0.3 is 9.32 Å². The molecule has 0 saturated carbocycles. The molecule has 4 aromatic rings. The highest BCUT2D eigenvalue weighted by molar-refractivity contribution is 7.71. The summed E-state index contributed by atoms with van der Waals surface area (Å²) in [6.07, 6.45) is 0. The maximum atomic E-state index is 14.0. The minimum Gasteiger partial charge on any atom is -0.409 e. The first-order valence-corrected chi connectivity index (χ1v) is 9.76. The summed E-state index contributed by atoms with van der Waals surface area (Å²) >= 11 is 6.97. The molecular weight excluding hydrogens is 383 g/mol. The monoisotopic (exact) mass is 401 g/mol. The van der Waals surface area contributed by atoms with E-state index < -0.39 is 0 Å². The van der Waals surface area contributed by atoms with E-state index in [1.165, 1.54) is 10.8 Å². The van der Waals surface area contributed by atoms with E-state index in [4.69, 9.17) is 21.6 Å². The molecule has 0 spiro atoms. The Labute approximate surface area is 164 Å². The van der Waals surface area contributed by atoms with Gasteiger partial charge in [0.2, 0.25) is 5.89 Å². The Bertz CT molecular complexity index is 1120. The smallest absolute Gasteiger partial charge is 0.292 e. The second kappa shape index (κ2) is 7.30. The molecule has 1 N–H and O–H groups in total. The first-order valence-electron chi connectivity index (χ1n) is 8.53. The number of rotatable bonds is 5. The summed E-state index contributed by atoms with van der Waals surface area (Å²) in [6, 6.07) is 14.6. The van der Waals surface area contributed by atoms with E-state index in [9.17, 15) is 4.39 Å². The fraction of sp³-hybridized carbons (Fsp3) is 0.211. The highest BCUT2D eigenvalue weighted by atomic mass is 32.1. The Hall–Kier alpha value is -2.42. The van der Waals surface area contributed by atoms with Crippen molar-refractivity contribution in [3.8, 4) is 11.5 Å². The maximum absolute atomic E-state index is 14.0. The van der Waals surface area contributed by atoms with E-state index >= 15 is 0 Å². The van der Waals surface area contributed by atoms with Gasteiger partial charge in [0.1, 0.15) is 11.9 Å². The van der Waals surface area contributed by atoms with Crippen molar-refractivity contribution in [2.75, 3.05) is 7.05 Å². The van der Waals surface area contributed by atoms with Crippen molar-refractivity contribution < 1.29 is 13.7 Å². The molecule has 0 aliphatic carbocycles. The van der Waals surface area contributed by atoms with Gasteiger partial charge in [-0.1, -0.05) is 24.3 Å². The maximum Gasteiger partial charge on any atom is 0.292 e. The lowest BCUT2D eigenvalue weighted by Gasteiger charge is -2.19. The quantitative estimate of drug-likeness (QED) is 0.516. The second-order valence-electron chi connectivity index (χ2n) is 6.40. The highest BCUT2D eigenvalue weighted by Crippen LogP contribution is 2.25. The summed E-state index contributed by atoms with van der Waals surface area (Å²) in [5.74, 6) is -0.192. The minimum atomic E-state index is -0.385. The van der Waals surface area contributed by atoms with Gasteiger partial charge in [0.25, 0.3) is 4.84 Å². The Balaban J connectivity index is 1.56. The number of hydrogen-bond donors (Lipinski definition) is 1. The van der Waals surface area contributed by atoms with Crippen molar-refractivity contribution in [1.29, 1.82) is 0 Å².